The molecule has 106 valence electrons. The highest BCUT2D eigenvalue weighted by Gasteiger charge is 2.07. The molecule has 0 fully saturated rings. The Balaban J connectivity index is 3.02. The lowest BCUT2D eigenvalue weighted by Gasteiger charge is -2.18. The number of hydrogen-bond donors (Lipinski definition) is 1. The van der Waals surface area contributed by atoms with E-state index in [1.165, 1.54) is 0 Å². The van der Waals surface area contributed by atoms with Crippen molar-refractivity contribution in [2.24, 2.45) is 5.41 Å². The molecule has 0 heterocycles. The van der Waals surface area contributed by atoms with E-state index < -0.39 is 0 Å². The summed E-state index contributed by atoms with van der Waals surface area (Å²) in [6, 6.07) is 0. The molecule has 0 aromatic heterocycles. The molecule has 0 aliphatic carbocycles. The Morgan fingerprint density at radius 2 is 1.50 bits per heavy atom. The highest BCUT2D eigenvalue weighted by atomic mass is 16.5. The maximum absolute atomic E-state index is 5.42. The van der Waals surface area contributed by atoms with Crippen molar-refractivity contribution in [2.75, 3.05) is 52.7 Å². The summed E-state index contributed by atoms with van der Waals surface area (Å²) in [6.45, 7) is 11.9. The molecule has 0 atom stereocenters. The Kier molecular flexibility index (Phi) is 11.1. The lowest BCUT2D eigenvalue weighted by Crippen LogP contribution is -2.29. The van der Waals surface area contributed by atoms with Gasteiger partial charge in [0.15, 0.2) is 0 Å². The van der Waals surface area contributed by atoms with Crippen LogP contribution in [0.25, 0.3) is 0 Å². The summed E-state index contributed by atoms with van der Waals surface area (Å²) in [6.07, 6.45) is 5.03. The first-order valence-electron chi connectivity index (χ1n) is 6.43. The molecule has 0 saturated carbocycles. The van der Waals surface area contributed by atoms with Gasteiger partial charge in [-0.05, 0) is 5.41 Å². The van der Waals surface area contributed by atoms with Gasteiger partial charge in [0.2, 0.25) is 0 Å². The second-order valence-electron chi connectivity index (χ2n) is 5.22. The normalized spacial score (nSPS) is 11.4. The van der Waals surface area contributed by atoms with Crippen LogP contribution in [0.3, 0.4) is 0 Å². The predicted molar refractivity (Wildman–Crippen MR) is 73.6 cm³/mol. The van der Waals surface area contributed by atoms with E-state index in [9.17, 15) is 0 Å². The van der Waals surface area contributed by atoms with Crippen molar-refractivity contribution in [3.63, 3.8) is 0 Å². The Bertz CT molecular complexity index is 218. The third kappa shape index (κ3) is 15.4. The molecule has 0 aliphatic rings. The fraction of sp³-hybridized carbons (Fsp3) is 0.857. The van der Waals surface area contributed by atoms with Crippen molar-refractivity contribution in [3.05, 3.63) is 0 Å². The van der Waals surface area contributed by atoms with E-state index in [2.05, 4.69) is 32.0 Å². The van der Waals surface area contributed by atoms with Gasteiger partial charge in [-0.15, -0.1) is 6.42 Å². The van der Waals surface area contributed by atoms with Gasteiger partial charge in [-0.2, -0.15) is 0 Å². The number of ether oxygens (including phenoxy) is 3. The van der Waals surface area contributed by atoms with Crippen molar-refractivity contribution in [3.8, 4) is 12.3 Å². The second kappa shape index (κ2) is 11.5. The molecule has 0 aliphatic heterocycles. The Morgan fingerprint density at radius 1 is 0.944 bits per heavy atom. The molecule has 0 radical (unpaired) electrons. The van der Waals surface area contributed by atoms with E-state index in [1.807, 2.05) is 0 Å². The minimum atomic E-state index is 0.321. The molecule has 0 unspecified atom stereocenters. The van der Waals surface area contributed by atoms with E-state index in [-0.39, 0.29) is 0 Å². The minimum Gasteiger partial charge on any atom is -0.378 e. The van der Waals surface area contributed by atoms with Crippen LogP contribution in [-0.2, 0) is 14.2 Å². The first-order valence-corrected chi connectivity index (χ1v) is 6.43. The standard InChI is InChI=1S/C14H27NO3/c1-5-7-16-9-11-18-12-10-17-8-6-15-13-14(2,3)4/h1,15H,6-13H2,2-4H3. The third-order valence-corrected chi connectivity index (χ3v) is 2.01. The zero-order valence-electron chi connectivity index (χ0n) is 12.0. The first-order chi connectivity index (χ1) is 8.56. The molecular formula is C14H27NO3. The largest absolute Gasteiger partial charge is 0.378 e. The van der Waals surface area contributed by atoms with E-state index in [0.29, 0.717) is 45.1 Å². The van der Waals surface area contributed by atoms with Crippen molar-refractivity contribution in [1.29, 1.82) is 0 Å². The van der Waals surface area contributed by atoms with Gasteiger partial charge in [0.1, 0.15) is 6.61 Å². The van der Waals surface area contributed by atoms with Crippen LogP contribution in [0.1, 0.15) is 20.8 Å². The smallest absolute Gasteiger partial charge is 0.107 e. The Labute approximate surface area is 111 Å². The van der Waals surface area contributed by atoms with Crippen molar-refractivity contribution in [2.45, 2.75) is 20.8 Å². The molecule has 0 bridgehead atoms. The number of rotatable bonds is 11. The molecule has 0 aromatic carbocycles. The van der Waals surface area contributed by atoms with Crippen LogP contribution < -0.4 is 5.32 Å². The second-order valence-corrected chi connectivity index (χ2v) is 5.22. The molecule has 18 heavy (non-hydrogen) atoms. The molecule has 4 nitrogen and oxygen atoms in total. The Hall–Kier alpha value is -0.600. The van der Waals surface area contributed by atoms with Crippen molar-refractivity contribution < 1.29 is 14.2 Å². The fourth-order valence-corrected chi connectivity index (χ4v) is 1.18. The van der Waals surface area contributed by atoms with Crippen LogP contribution >= 0.6 is 0 Å². The molecule has 0 aromatic rings. The molecular weight excluding hydrogens is 230 g/mol. The average molecular weight is 257 g/mol. The average Bonchev–Trinajstić information content (AvgIpc) is 2.29. The molecule has 0 saturated heterocycles. The van der Waals surface area contributed by atoms with Gasteiger partial charge >= 0.3 is 0 Å². The van der Waals surface area contributed by atoms with Gasteiger partial charge in [-0.1, -0.05) is 26.7 Å². The lowest BCUT2D eigenvalue weighted by molar-refractivity contribution is 0.0207. The van der Waals surface area contributed by atoms with Crippen LogP contribution in [0.2, 0.25) is 0 Å². The Morgan fingerprint density at radius 3 is 2.06 bits per heavy atom. The zero-order chi connectivity index (χ0) is 13.7. The van der Waals surface area contributed by atoms with Crippen LogP contribution in [0.4, 0.5) is 0 Å². The third-order valence-electron chi connectivity index (χ3n) is 2.01. The van der Waals surface area contributed by atoms with Crippen molar-refractivity contribution >= 4 is 0 Å². The highest BCUT2D eigenvalue weighted by molar-refractivity contribution is 4.82. The fourth-order valence-electron chi connectivity index (χ4n) is 1.18. The minimum absolute atomic E-state index is 0.321. The van der Waals surface area contributed by atoms with Gasteiger partial charge in [-0.25, -0.2) is 0 Å². The number of hydrogen-bond acceptors (Lipinski definition) is 4. The van der Waals surface area contributed by atoms with Gasteiger partial charge in [0.25, 0.3) is 0 Å². The van der Waals surface area contributed by atoms with E-state index in [4.69, 9.17) is 20.6 Å². The monoisotopic (exact) mass is 257 g/mol. The molecule has 4 heteroatoms. The van der Waals surface area contributed by atoms with Crippen LogP contribution in [0, 0.1) is 17.8 Å². The zero-order valence-corrected chi connectivity index (χ0v) is 12.0. The number of nitrogens with one attached hydrogen (secondary N) is 1. The summed E-state index contributed by atoms with van der Waals surface area (Å²) in [7, 11) is 0. The van der Waals surface area contributed by atoms with E-state index >= 15 is 0 Å². The van der Waals surface area contributed by atoms with Crippen molar-refractivity contribution in [1.82, 2.24) is 5.32 Å². The number of terminal acetylenes is 1. The topological polar surface area (TPSA) is 39.7 Å². The summed E-state index contributed by atoms with van der Waals surface area (Å²) in [5, 5.41) is 3.35. The maximum Gasteiger partial charge on any atom is 0.107 e. The maximum atomic E-state index is 5.42. The predicted octanol–water partition coefficient (Wildman–Crippen LogP) is 1.31. The highest BCUT2D eigenvalue weighted by Crippen LogP contribution is 2.09. The summed E-state index contributed by atoms with van der Waals surface area (Å²) in [4.78, 5) is 0. The quantitative estimate of drug-likeness (QED) is 0.447. The molecule has 0 amide bonds. The van der Waals surface area contributed by atoms with Gasteiger partial charge in [-0.3, -0.25) is 0 Å². The van der Waals surface area contributed by atoms with Crippen LogP contribution in [-0.4, -0.2) is 52.7 Å². The molecule has 0 rings (SSSR count). The van der Waals surface area contributed by atoms with Gasteiger partial charge in [0.05, 0.1) is 33.0 Å². The summed E-state index contributed by atoms with van der Waals surface area (Å²) in [5.41, 5.74) is 0.321. The molecule has 1 N–H and O–H groups in total. The van der Waals surface area contributed by atoms with Gasteiger partial charge in [0, 0.05) is 13.1 Å². The van der Waals surface area contributed by atoms with Gasteiger partial charge < -0.3 is 19.5 Å². The first kappa shape index (κ1) is 17.4. The summed E-state index contributed by atoms with van der Waals surface area (Å²) < 4.78 is 15.8. The van der Waals surface area contributed by atoms with E-state index in [1.54, 1.807) is 0 Å². The van der Waals surface area contributed by atoms with Crippen LogP contribution in [0.15, 0.2) is 0 Å². The lowest BCUT2D eigenvalue weighted by atomic mass is 9.97. The summed E-state index contributed by atoms with van der Waals surface area (Å²) in [5.74, 6) is 2.40. The SMILES string of the molecule is C#CCOCCOCCOCCNCC(C)(C)C. The van der Waals surface area contributed by atoms with Crippen LogP contribution in [0.5, 0.6) is 0 Å². The summed E-state index contributed by atoms with van der Waals surface area (Å²) >= 11 is 0. The molecule has 0 spiro atoms. The van der Waals surface area contributed by atoms with E-state index in [0.717, 1.165) is 13.1 Å².